The third-order valence-electron chi connectivity index (χ3n) is 3.81. The summed E-state index contributed by atoms with van der Waals surface area (Å²) in [5.74, 6) is 0.133. The number of hydrogen-bond donors (Lipinski definition) is 0. The Morgan fingerprint density at radius 3 is 2.56 bits per heavy atom. The molecule has 4 nitrogen and oxygen atoms in total. The average Bonchev–Trinajstić information content (AvgIpc) is 2.59. The number of benzene rings is 2. The Morgan fingerprint density at radius 1 is 1.16 bits per heavy atom. The monoisotopic (exact) mass is 338 g/mol. The van der Waals surface area contributed by atoms with E-state index >= 15 is 0 Å². The van der Waals surface area contributed by atoms with Crippen LogP contribution in [0.15, 0.2) is 48.7 Å². The van der Waals surface area contributed by atoms with Gasteiger partial charge < -0.3 is 4.74 Å². The number of para-hydroxylation sites is 2. The van der Waals surface area contributed by atoms with Gasteiger partial charge in [0, 0.05) is 6.42 Å². The van der Waals surface area contributed by atoms with E-state index in [1.165, 1.54) is 27.2 Å². The van der Waals surface area contributed by atoms with Gasteiger partial charge in [0.2, 0.25) is 5.78 Å². The van der Waals surface area contributed by atoms with Crippen LogP contribution in [0.25, 0.3) is 11.0 Å². The van der Waals surface area contributed by atoms with Crippen molar-refractivity contribution in [3.63, 3.8) is 0 Å². The molecule has 0 saturated heterocycles. The number of methoxy groups -OCH3 is 1. The maximum atomic E-state index is 13.9. The molecular weight excluding hydrogens is 319 g/mol. The zero-order chi connectivity index (χ0) is 18.0. The van der Waals surface area contributed by atoms with Crippen LogP contribution in [-0.2, 0) is 6.42 Å². The van der Waals surface area contributed by atoms with Gasteiger partial charge in [-0.2, -0.15) is 0 Å². The van der Waals surface area contributed by atoms with Crippen LogP contribution in [0.3, 0.4) is 0 Å². The van der Waals surface area contributed by atoms with Gasteiger partial charge >= 0.3 is 0 Å². The second-order valence-electron chi connectivity index (χ2n) is 6.50. The average molecular weight is 338 g/mol. The molecule has 0 N–H and O–H groups in total. The van der Waals surface area contributed by atoms with Crippen molar-refractivity contribution in [1.29, 1.82) is 0 Å². The highest BCUT2D eigenvalue weighted by Gasteiger charge is 2.21. The third-order valence-corrected chi connectivity index (χ3v) is 3.81. The first kappa shape index (κ1) is 17.0. The molecule has 0 aliphatic carbocycles. The Morgan fingerprint density at radius 2 is 1.88 bits per heavy atom. The van der Waals surface area contributed by atoms with Crippen LogP contribution in [-0.4, -0.2) is 28.5 Å². The van der Waals surface area contributed by atoms with Crippen LogP contribution >= 0.6 is 0 Å². The number of halogens is 1. The normalized spacial score (nSPS) is 11.5. The molecule has 3 aromatic rings. The van der Waals surface area contributed by atoms with E-state index in [9.17, 15) is 9.18 Å². The van der Waals surface area contributed by atoms with E-state index in [0.29, 0.717) is 16.8 Å². The molecule has 128 valence electrons. The molecule has 0 aliphatic heterocycles. The van der Waals surface area contributed by atoms with Crippen LogP contribution in [0.1, 0.15) is 35.5 Å². The van der Waals surface area contributed by atoms with Gasteiger partial charge in [-0.1, -0.05) is 18.2 Å². The minimum Gasteiger partial charge on any atom is -0.496 e. The van der Waals surface area contributed by atoms with E-state index in [-0.39, 0.29) is 17.9 Å². The summed E-state index contributed by atoms with van der Waals surface area (Å²) >= 11 is 0. The predicted molar refractivity (Wildman–Crippen MR) is 94.9 cm³/mol. The topological polar surface area (TPSA) is 52.1 Å². The van der Waals surface area contributed by atoms with Gasteiger partial charge in [0.25, 0.3) is 0 Å². The number of rotatable bonds is 5. The summed E-state index contributed by atoms with van der Waals surface area (Å²) in [6.45, 7) is 3.01. The van der Waals surface area contributed by atoms with Gasteiger partial charge in [-0.3, -0.25) is 9.78 Å². The standard InChI is InChI=1S/C20H19FN2O2/c1-20(2,21)11-13-8-9-18(25-3)14(10-13)19(24)17-12-22-15-6-4-5-7-16(15)23-17/h4-10,12H,11H2,1-3H3. The lowest BCUT2D eigenvalue weighted by molar-refractivity contribution is 0.103. The van der Waals surface area contributed by atoms with Gasteiger partial charge in [-0.05, 0) is 43.7 Å². The number of ketones is 1. The lowest BCUT2D eigenvalue weighted by Gasteiger charge is -2.15. The number of carbonyl (C=O) groups is 1. The first-order valence-electron chi connectivity index (χ1n) is 8.00. The van der Waals surface area contributed by atoms with Crippen molar-refractivity contribution in [2.45, 2.75) is 25.9 Å². The minimum absolute atomic E-state index is 0.209. The largest absolute Gasteiger partial charge is 0.496 e. The summed E-state index contributed by atoms with van der Waals surface area (Å²) in [7, 11) is 1.50. The Bertz CT molecular complexity index is 932. The van der Waals surface area contributed by atoms with E-state index in [4.69, 9.17) is 4.74 Å². The number of alkyl halides is 1. The molecule has 0 atom stereocenters. The number of ether oxygens (including phenoxy) is 1. The number of carbonyl (C=O) groups excluding carboxylic acids is 1. The Kier molecular flexibility index (Phi) is 4.49. The van der Waals surface area contributed by atoms with Crippen molar-refractivity contribution in [3.8, 4) is 5.75 Å². The second kappa shape index (κ2) is 6.59. The van der Waals surface area contributed by atoms with E-state index in [0.717, 1.165) is 11.1 Å². The van der Waals surface area contributed by atoms with E-state index in [2.05, 4.69) is 9.97 Å². The number of aromatic nitrogens is 2. The fraction of sp³-hybridized carbons (Fsp3) is 0.250. The highest BCUT2D eigenvalue weighted by atomic mass is 19.1. The molecule has 0 spiro atoms. The molecule has 3 rings (SSSR count). The van der Waals surface area contributed by atoms with Crippen molar-refractivity contribution in [1.82, 2.24) is 9.97 Å². The molecule has 0 radical (unpaired) electrons. The van der Waals surface area contributed by atoms with E-state index in [1.54, 1.807) is 24.3 Å². The smallest absolute Gasteiger partial charge is 0.216 e. The zero-order valence-electron chi connectivity index (χ0n) is 14.4. The van der Waals surface area contributed by atoms with Gasteiger partial charge in [-0.15, -0.1) is 0 Å². The van der Waals surface area contributed by atoms with Crippen LogP contribution in [0.4, 0.5) is 4.39 Å². The Balaban J connectivity index is 2.03. The molecule has 0 unspecified atom stereocenters. The number of fused-ring (bicyclic) bond motifs is 1. The van der Waals surface area contributed by atoms with Crippen molar-refractivity contribution in [2.75, 3.05) is 7.11 Å². The van der Waals surface area contributed by atoms with E-state index < -0.39 is 5.67 Å². The lowest BCUT2D eigenvalue weighted by Crippen LogP contribution is -2.16. The molecule has 1 aromatic heterocycles. The van der Waals surface area contributed by atoms with Crippen molar-refractivity contribution >= 4 is 16.8 Å². The first-order valence-corrected chi connectivity index (χ1v) is 8.00. The van der Waals surface area contributed by atoms with Crippen LogP contribution in [0.2, 0.25) is 0 Å². The van der Waals surface area contributed by atoms with E-state index in [1.807, 2.05) is 18.2 Å². The second-order valence-corrected chi connectivity index (χ2v) is 6.50. The number of hydrogen-bond acceptors (Lipinski definition) is 4. The molecule has 0 amide bonds. The molecule has 1 heterocycles. The summed E-state index contributed by atoms with van der Waals surface area (Å²) in [4.78, 5) is 21.6. The molecule has 0 saturated carbocycles. The first-order chi connectivity index (χ1) is 11.9. The molecular formula is C20H19FN2O2. The number of nitrogens with zero attached hydrogens (tertiary/aromatic N) is 2. The van der Waals surface area contributed by atoms with Gasteiger partial charge in [0.15, 0.2) is 0 Å². The summed E-state index contributed by atoms with van der Waals surface area (Å²) in [5, 5.41) is 0. The fourth-order valence-corrected chi connectivity index (χ4v) is 2.73. The Labute approximate surface area is 145 Å². The maximum absolute atomic E-state index is 13.9. The maximum Gasteiger partial charge on any atom is 0.216 e. The highest BCUT2D eigenvalue weighted by molar-refractivity contribution is 6.10. The molecule has 2 aromatic carbocycles. The van der Waals surface area contributed by atoms with Crippen LogP contribution in [0.5, 0.6) is 5.75 Å². The zero-order valence-corrected chi connectivity index (χ0v) is 14.4. The quantitative estimate of drug-likeness (QED) is 0.656. The predicted octanol–water partition coefficient (Wildman–Crippen LogP) is 4.16. The summed E-state index contributed by atoms with van der Waals surface area (Å²) in [5.41, 5.74) is 1.32. The minimum atomic E-state index is -1.36. The highest BCUT2D eigenvalue weighted by Crippen LogP contribution is 2.26. The molecule has 0 aliphatic rings. The van der Waals surface area contributed by atoms with Crippen LogP contribution in [0, 0.1) is 0 Å². The van der Waals surface area contributed by atoms with Crippen LogP contribution < -0.4 is 4.74 Å². The summed E-state index contributed by atoms with van der Waals surface area (Å²) in [6, 6.07) is 12.5. The molecule has 25 heavy (non-hydrogen) atoms. The molecule has 0 fully saturated rings. The molecule has 0 bridgehead atoms. The van der Waals surface area contributed by atoms with Gasteiger partial charge in [-0.25, -0.2) is 9.37 Å². The molecule has 5 heteroatoms. The Hall–Kier alpha value is -2.82. The van der Waals surface area contributed by atoms with Crippen molar-refractivity contribution < 1.29 is 13.9 Å². The van der Waals surface area contributed by atoms with Gasteiger partial charge in [0.05, 0.1) is 29.9 Å². The van der Waals surface area contributed by atoms with Gasteiger partial charge in [0.1, 0.15) is 17.1 Å². The van der Waals surface area contributed by atoms with Crippen molar-refractivity contribution in [2.24, 2.45) is 0 Å². The van der Waals surface area contributed by atoms with Crippen molar-refractivity contribution in [3.05, 3.63) is 65.5 Å². The summed E-state index contributed by atoms with van der Waals surface area (Å²) < 4.78 is 19.2. The SMILES string of the molecule is COc1ccc(CC(C)(C)F)cc1C(=O)c1cnc2ccccc2n1. The lowest BCUT2D eigenvalue weighted by atomic mass is 9.96. The fourth-order valence-electron chi connectivity index (χ4n) is 2.73. The summed E-state index contributed by atoms with van der Waals surface area (Å²) in [6.07, 6.45) is 1.66. The third kappa shape index (κ3) is 3.82.